The Morgan fingerprint density at radius 1 is 0.340 bits per heavy atom. The van der Waals surface area contributed by atoms with E-state index >= 15 is 0 Å². The summed E-state index contributed by atoms with van der Waals surface area (Å²) >= 11 is 0. The van der Waals surface area contributed by atoms with Crippen LogP contribution in [0, 0.1) is 0 Å². The van der Waals surface area contributed by atoms with Crippen LogP contribution in [0.25, 0.3) is 5.57 Å². The van der Waals surface area contributed by atoms with Crippen LogP contribution < -0.4 is 31.8 Å². The molecular formula is C45H37P2+. The Kier molecular flexibility index (Phi) is 9.26. The molecule has 0 atom stereocenters. The van der Waals surface area contributed by atoms with Gasteiger partial charge in [-0.3, -0.25) is 0 Å². The van der Waals surface area contributed by atoms with Gasteiger partial charge in [0.1, 0.15) is 23.2 Å². The van der Waals surface area contributed by atoms with Gasteiger partial charge in [0, 0.05) is 5.57 Å². The molecule has 47 heavy (non-hydrogen) atoms. The van der Waals surface area contributed by atoms with E-state index in [2.05, 4.69) is 224 Å². The summed E-state index contributed by atoms with van der Waals surface area (Å²) in [5.41, 5.74) is 2.47. The lowest BCUT2D eigenvalue weighted by Gasteiger charge is -2.30. The maximum absolute atomic E-state index is 2.64. The summed E-state index contributed by atoms with van der Waals surface area (Å²) in [7, 11) is -2.31. The molecule has 0 aliphatic carbocycles. The van der Waals surface area contributed by atoms with Crippen LogP contribution >= 0.6 is 14.1 Å². The molecule has 0 saturated carbocycles. The second kappa shape index (κ2) is 14.2. The molecular weight excluding hydrogens is 602 g/mol. The Morgan fingerprint density at radius 2 is 0.617 bits per heavy atom. The molecule has 0 N–H and O–H groups in total. The minimum Gasteiger partial charge on any atom is -0.0622 e. The zero-order valence-corrected chi connectivity index (χ0v) is 28.0. The Balaban J connectivity index is 1.68. The molecule has 0 aromatic heterocycles. The summed E-state index contributed by atoms with van der Waals surface area (Å²) in [5.74, 6) is 5.29. The molecule has 0 aliphatic rings. The third-order valence-electron chi connectivity index (χ3n) is 8.75. The van der Waals surface area contributed by atoms with E-state index in [9.17, 15) is 0 Å². The predicted octanol–water partition coefficient (Wildman–Crippen LogP) is 8.82. The lowest BCUT2D eigenvalue weighted by Crippen LogP contribution is -2.30. The first-order chi connectivity index (χ1) is 23.3. The van der Waals surface area contributed by atoms with E-state index in [1.165, 1.54) is 43.0 Å². The van der Waals surface area contributed by atoms with Gasteiger partial charge >= 0.3 is 0 Å². The van der Waals surface area contributed by atoms with Crippen molar-refractivity contribution in [1.82, 2.24) is 0 Å². The van der Waals surface area contributed by atoms with Gasteiger partial charge in [0.15, 0.2) is 0 Å². The van der Waals surface area contributed by atoms with Crippen molar-refractivity contribution in [3.8, 4) is 0 Å². The standard InChI is InChI=1S/C45H37P2/c1-8-22-38(23-9-1)39(36-46(40-24-10-2-11-25-40,41-26-12-3-13-27-41)42-28-14-4-15-29-42)37-47(43-30-16-5-17-31-43,44-32-18-6-19-33-44)45-34-20-7-21-35-45/h1-37H/q+1/b39-36+. The summed E-state index contributed by atoms with van der Waals surface area (Å²) in [4.78, 5) is 0. The van der Waals surface area contributed by atoms with Gasteiger partial charge in [-0.05, 0) is 70.6 Å². The molecule has 0 nitrogen and oxygen atoms in total. The van der Waals surface area contributed by atoms with E-state index in [0.29, 0.717) is 0 Å². The number of allylic oxidation sites excluding steroid dienone is 1. The van der Waals surface area contributed by atoms with Gasteiger partial charge in [-0.15, -0.1) is 0 Å². The Hall–Kier alpha value is -4.99. The smallest absolute Gasteiger partial charge is 0.0622 e. The summed E-state index contributed by atoms with van der Waals surface area (Å²) in [6, 6.07) is 77.8. The zero-order valence-electron chi connectivity index (χ0n) is 26.3. The maximum Gasteiger partial charge on any atom is 0.137 e. The van der Waals surface area contributed by atoms with Crippen molar-refractivity contribution in [2.45, 2.75) is 0 Å². The molecule has 0 spiro atoms. The fourth-order valence-corrected chi connectivity index (χ4v) is 14.5. The van der Waals surface area contributed by atoms with Crippen molar-refractivity contribution >= 4 is 57.3 Å². The van der Waals surface area contributed by atoms with Crippen LogP contribution in [-0.2, 0) is 0 Å². The fraction of sp³-hybridized carbons (Fsp3) is 0. The Bertz CT molecular complexity index is 1890. The van der Waals surface area contributed by atoms with Gasteiger partial charge in [0.2, 0.25) is 0 Å². The van der Waals surface area contributed by atoms with Gasteiger partial charge in [-0.25, -0.2) is 0 Å². The van der Waals surface area contributed by atoms with E-state index in [0.717, 1.165) is 0 Å². The van der Waals surface area contributed by atoms with Crippen molar-refractivity contribution in [2.75, 3.05) is 0 Å². The molecule has 226 valence electrons. The molecule has 0 bridgehead atoms. The second-order valence-electron chi connectivity index (χ2n) is 11.5. The summed E-state index contributed by atoms with van der Waals surface area (Å²) in [6.45, 7) is -2.31. The lowest BCUT2D eigenvalue weighted by molar-refractivity contribution is 1.65. The van der Waals surface area contributed by atoms with Crippen LogP contribution in [0.1, 0.15) is 5.56 Å². The highest BCUT2D eigenvalue weighted by Gasteiger charge is 2.44. The minimum atomic E-state index is -2.31. The summed E-state index contributed by atoms with van der Waals surface area (Å²) < 4.78 is 0. The van der Waals surface area contributed by atoms with Crippen LogP contribution in [0.3, 0.4) is 0 Å². The molecule has 0 fully saturated rings. The topological polar surface area (TPSA) is 0 Å². The van der Waals surface area contributed by atoms with E-state index in [-0.39, 0.29) is 0 Å². The SMILES string of the molecule is C(/C(=C\[P+](c1ccccc1)(c1ccccc1)c1ccccc1)c1ccccc1)=P(c1ccccc1)(c1ccccc1)c1ccccc1. The number of rotatable bonds is 9. The van der Waals surface area contributed by atoms with Crippen molar-refractivity contribution in [2.24, 2.45) is 0 Å². The highest BCUT2D eigenvalue weighted by atomic mass is 31.2. The molecule has 0 unspecified atom stereocenters. The predicted molar refractivity (Wildman–Crippen MR) is 211 cm³/mol. The third-order valence-corrected chi connectivity index (χ3v) is 16.8. The van der Waals surface area contributed by atoms with Gasteiger partial charge in [-0.1, -0.05) is 176 Å². The number of benzene rings is 7. The number of hydrogen-bond donors (Lipinski definition) is 0. The molecule has 0 heterocycles. The summed E-state index contributed by atoms with van der Waals surface area (Å²) in [6.07, 6.45) is 0. The monoisotopic (exact) mass is 639 g/mol. The molecule has 0 amide bonds. The largest absolute Gasteiger partial charge is 0.137 e. The van der Waals surface area contributed by atoms with Gasteiger partial charge < -0.3 is 0 Å². The van der Waals surface area contributed by atoms with Crippen LogP contribution in [0.2, 0.25) is 0 Å². The van der Waals surface area contributed by atoms with E-state index in [1.54, 1.807) is 0 Å². The molecule has 0 radical (unpaired) electrons. The molecule has 7 rings (SSSR count). The molecule has 2 heteroatoms. The van der Waals surface area contributed by atoms with Crippen molar-refractivity contribution in [1.29, 1.82) is 0 Å². The average molecular weight is 640 g/mol. The van der Waals surface area contributed by atoms with Crippen molar-refractivity contribution in [3.63, 3.8) is 0 Å². The van der Waals surface area contributed by atoms with Crippen molar-refractivity contribution < 1.29 is 0 Å². The molecule has 7 aromatic carbocycles. The summed E-state index contributed by atoms with van der Waals surface area (Å²) in [5, 5.41) is 8.01. The third kappa shape index (κ3) is 6.12. The molecule has 0 aliphatic heterocycles. The highest BCUT2D eigenvalue weighted by Crippen LogP contribution is 2.59. The van der Waals surface area contributed by atoms with E-state index < -0.39 is 14.1 Å². The first kappa shape index (κ1) is 30.7. The molecule has 0 saturated heterocycles. The lowest BCUT2D eigenvalue weighted by atomic mass is 10.1. The van der Waals surface area contributed by atoms with Crippen LogP contribution in [0.15, 0.2) is 218 Å². The van der Waals surface area contributed by atoms with E-state index in [4.69, 9.17) is 0 Å². The first-order valence-electron chi connectivity index (χ1n) is 16.1. The van der Waals surface area contributed by atoms with Crippen LogP contribution in [-0.4, -0.2) is 5.80 Å². The highest BCUT2D eigenvalue weighted by molar-refractivity contribution is 7.98. The fourth-order valence-electron chi connectivity index (χ4n) is 6.55. The zero-order chi connectivity index (χ0) is 31.8. The van der Waals surface area contributed by atoms with Gasteiger partial charge in [0.05, 0.1) is 5.82 Å². The van der Waals surface area contributed by atoms with Crippen LogP contribution in [0.5, 0.6) is 0 Å². The minimum absolute atomic E-state index is 1.21. The Labute approximate surface area is 280 Å². The van der Waals surface area contributed by atoms with Gasteiger partial charge in [-0.2, -0.15) is 0 Å². The van der Waals surface area contributed by atoms with Crippen LogP contribution in [0.4, 0.5) is 0 Å². The first-order valence-corrected chi connectivity index (χ1v) is 19.8. The second-order valence-corrected chi connectivity index (χ2v) is 18.0. The normalized spacial score (nSPS) is 12.0. The quantitative estimate of drug-likeness (QED) is 0.139. The average Bonchev–Trinajstić information content (AvgIpc) is 3.18. The van der Waals surface area contributed by atoms with E-state index in [1.807, 2.05) is 0 Å². The van der Waals surface area contributed by atoms with Crippen molar-refractivity contribution in [3.05, 3.63) is 224 Å². The van der Waals surface area contributed by atoms with Gasteiger partial charge in [0.25, 0.3) is 0 Å². The number of hydrogen-bond acceptors (Lipinski definition) is 0. The molecule has 7 aromatic rings. The maximum atomic E-state index is 2.64. The Morgan fingerprint density at radius 3 is 0.936 bits per heavy atom.